The molecule has 0 aliphatic carbocycles. The molecule has 0 radical (unpaired) electrons. The molecule has 130 valence electrons. The molecule has 25 heavy (non-hydrogen) atoms. The molecule has 3 rings (SSSR count). The first-order valence-electron chi connectivity index (χ1n) is 8.17. The third-order valence-corrected chi connectivity index (χ3v) is 5.46. The summed E-state index contributed by atoms with van der Waals surface area (Å²) in [4.78, 5) is 14.4. The second kappa shape index (κ2) is 7.89. The number of hydrogen-bond donors (Lipinski definition) is 1. The van der Waals surface area contributed by atoms with Crippen molar-refractivity contribution in [3.63, 3.8) is 0 Å². The first kappa shape index (κ1) is 17.8. The van der Waals surface area contributed by atoms with Crippen molar-refractivity contribution < 1.29 is 9.53 Å². The van der Waals surface area contributed by atoms with Crippen LogP contribution in [-0.4, -0.2) is 28.6 Å². The molecule has 0 spiro atoms. The molecule has 0 aromatic heterocycles. The highest BCUT2D eigenvalue weighted by Gasteiger charge is 2.37. The number of nitrogens with one attached hydrogen (secondary N) is 1. The quantitative estimate of drug-likeness (QED) is 0.768. The van der Waals surface area contributed by atoms with Gasteiger partial charge in [0.2, 0.25) is 5.91 Å². The van der Waals surface area contributed by atoms with Crippen LogP contribution in [0.2, 0.25) is 0 Å². The summed E-state index contributed by atoms with van der Waals surface area (Å²) in [5.41, 5.74) is 2.98. The standard InChI is InChI=1S/C19H20N2O2S2/c1-3-23-15-10-8-14(9-11-15)21-18(22)17(25-19(21)24)12-20-16-7-5-4-6-13(16)2/h4-11,17,20H,3,12H2,1-2H3. The first-order chi connectivity index (χ1) is 12.1. The fourth-order valence-corrected chi connectivity index (χ4v) is 4.11. The van der Waals surface area contributed by atoms with Gasteiger partial charge in [0, 0.05) is 12.2 Å². The number of ether oxygens (including phenoxy) is 1. The molecule has 0 bridgehead atoms. The van der Waals surface area contributed by atoms with E-state index in [0.29, 0.717) is 17.5 Å². The molecule has 1 N–H and O–H groups in total. The van der Waals surface area contributed by atoms with Crippen molar-refractivity contribution in [1.82, 2.24) is 0 Å². The third-order valence-electron chi connectivity index (χ3n) is 3.95. The van der Waals surface area contributed by atoms with E-state index in [1.54, 1.807) is 4.90 Å². The molecule has 0 saturated carbocycles. The summed E-state index contributed by atoms with van der Waals surface area (Å²) in [6, 6.07) is 15.5. The molecule has 1 fully saturated rings. The number of hydrogen-bond acceptors (Lipinski definition) is 5. The zero-order chi connectivity index (χ0) is 17.8. The number of nitrogens with zero attached hydrogens (tertiary/aromatic N) is 1. The van der Waals surface area contributed by atoms with Gasteiger partial charge in [0.05, 0.1) is 12.3 Å². The van der Waals surface area contributed by atoms with Crippen LogP contribution < -0.4 is 15.0 Å². The molecule has 2 aromatic carbocycles. The Kier molecular flexibility index (Phi) is 5.60. The lowest BCUT2D eigenvalue weighted by Gasteiger charge is -2.16. The maximum atomic E-state index is 12.8. The van der Waals surface area contributed by atoms with Gasteiger partial charge >= 0.3 is 0 Å². The van der Waals surface area contributed by atoms with Crippen LogP contribution >= 0.6 is 24.0 Å². The van der Waals surface area contributed by atoms with E-state index in [1.165, 1.54) is 11.8 Å². The summed E-state index contributed by atoms with van der Waals surface area (Å²) >= 11 is 6.86. The number of thioether (sulfide) groups is 1. The Morgan fingerprint density at radius 3 is 2.60 bits per heavy atom. The number of aryl methyl sites for hydroxylation is 1. The van der Waals surface area contributed by atoms with Crippen molar-refractivity contribution in [3.05, 3.63) is 54.1 Å². The number of amides is 1. The van der Waals surface area contributed by atoms with Gasteiger partial charge in [-0.2, -0.15) is 0 Å². The number of rotatable bonds is 6. The number of thiocarbonyl (C=S) groups is 1. The van der Waals surface area contributed by atoms with Crippen LogP contribution in [0.1, 0.15) is 12.5 Å². The molecule has 1 unspecified atom stereocenters. The second-order valence-electron chi connectivity index (χ2n) is 5.67. The van der Waals surface area contributed by atoms with Crippen LogP contribution in [0.15, 0.2) is 48.5 Å². The highest BCUT2D eigenvalue weighted by Crippen LogP contribution is 2.33. The van der Waals surface area contributed by atoms with Gasteiger partial charge in [0.25, 0.3) is 0 Å². The molecule has 1 atom stereocenters. The molecular formula is C19H20N2O2S2. The van der Waals surface area contributed by atoms with Gasteiger partial charge in [-0.1, -0.05) is 42.2 Å². The topological polar surface area (TPSA) is 41.6 Å². The number of benzene rings is 2. The normalized spacial score (nSPS) is 17.0. The fourth-order valence-electron chi connectivity index (χ4n) is 2.65. The Hall–Kier alpha value is -2.05. The Morgan fingerprint density at radius 1 is 1.20 bits per heavy atom. The summed E-state index contributed by atoms with van der Waals surface area (Å²) in [5.74, 6) is 0.800. The SMILES string of the molecule is CCOc1ccc(N2C(=O)C(CNc3ccccc3C)SC2=S)cc1. The van der Waals surface area contributed by atoms with Crippen LogP contribution in [0.25, 0.3) is 0 Å². The van der Waals surface area contributed by atoms with Crippen molar-refractivity contribution in [1.29, 1.82) is 0 Å². The van der Waals surface area contributed by atoms with E-state index < -0.39 is 0 Å². The Balaban J connectivity index is 1.68. The van der Waals surface area contributed by atoms with E-state index in [4.69, 9.17) is 17.0 Å². The lowest BCUT2D eigenvalue weighted by atomic mass is 10.2. The van der Waals surface area contributed by atoms with Crippen LogP contribution in [0.4, 0.5) is 11.4 Å². The third kappa shape index (κ3) is 3.96. The van der Waals surface area contributed by atoms with E-state index in [9.17, 15) is 4.79 Å². The molecule has 1 saturated heterocycles. The lowest BCUT2D eigenvalue weighted by molar-refractivity contribution is -0.116. The minimum Gasteiger partial charge on any atom is -0.494 e. The molecule has 4 nitrogen and oxygen atoms in total. The predicted molar refractivity (Wildman–Crippen MR) is 109 cm³/mol. The van der Waals surface area contributed by atoms with Gasteiger partial charge in [-0.25, -0.2) is 0 Å². The lowest BCUT2D eigenvalue weighted by Crippen LogP contribution is -2.33. The monoisotopic (exact) mass is 372 g/mol. The van der Waals surface area contributed by atoms with Gasteiger partial charge in [-0.15, -0.1) is 0 Å². The van der Waals surface area contributed by atoms with E-state index in [0.717, 1.165) is 22.7 Å². The smallest absolute Gasteiger partial charge is 0.247 e. The summed E-state index contributed by atoms with van der Waals surface area (Å²) in [5, 5.41) is 3.13. The van der Waals surface area contributed by atoms with E-state index in [-0.39, 0.29) is 11.2 Å². The average molecular weight is 373 g/mol. The summed E-state index contributed by atoms with van der Waals surface area (Å²) < 4.78 is 6.03. The molecule has 1 aliphatic rings. The largest absolute Gasteiger partial charge is 0.494 e. The van der Waals surface area contributed by atoms with Crippen LogP contribution in [0, 0.1) is 6.92 Å². The van der Waals surface area contributed by atoms with Crippen molar-refractivity contribution in [2.45, 2.75) is 19.1 Å². The predicted octanol–water partition coefficient (Wildman–Crippen LogP) is 4.24. The van der Waals surface area contributed by atoms with Gasteiger partial charge in [-0.3, -0.25) is 9.69 Å². The highest BCUT2D eigenvalue weighted by molar-refractivity contribution is 8.25. The summed E-state index contributed by atoms with van der Waals surface area (Å²) in [6.45, 7) is 5.14. The molecular weight excluding hydrogens is 352 g/mol. The molecule has 2 aromatic rings. The zero-order valence-electron chi connectivity index (χ0n) is 14.2. The molecule has 1 aliphatic heterocycles. The van der Waals surface area contributed by atoms with Crippen LogP contribution in [-0.2, 0) is 4.79 Å². The average Bonchev–Trinajstić information content (AvgIpc) is 2.89. The minimum absolute atomic E-state index is 0.0141. The molecule has 6 heteroatoms. The second-order valence-corrected chi connectivity index (χ2v) is 7.51. The molecule has 1 heterocycles. The highest BCUT2D eigenvalue weighted by atomic mass is 32.2. The van der Waals surface area contributed by atoms with Crippen LogP contribution in [0.5, 0.6) is 5.75 Å². The zero-order valence-corrected chi connectivity index (χ0v) is 15.8. The maximum Gasteiger partial charge on any atom is 0.247 e. The van der Waals surface area contributed by atoms with Gasteiger partial charge < -0.3 is 10.1 Å². The summed E-state index contributed by atoms with van der Waals surface area (Å²) in [7, 11) is 0. The maximum absolute atomic E-state index is 12.8. The Morgan fingerprint density at radius 2 is 1.92 bits per heavy atom. The Bertz CT molecular complexity index is 777. The Labute approximate surface area is 157 Å². The van der Waals surface area contributed by atoms with Crippen molar-refractivity contribution in [3.8, 4) is 5.75 Å². The van der Waals surface area contributed by atoms with Crippen molar-refractivity contribution in [2.75, 3.05) is 23.4 Å². The van der Waals surface area contributed by atoms with E-state index in [2.05, 4.69) is 5.32 Å². The molecule has 1 amide bonds. The van der Waals surface area contributed by atoms with E-state index >= 15 is 0 Å². The van der Waals surface area contributed by atoms with Gasteiger partial charge in [0.1, 0.15) is 15.3 Å². The fraction of sp³-hybridized carbons (Fsp3) is 0.263. The van der Waals surface area contributed by atoms with Gasteiger partial charge in [0.15, 0.2) is 0 Å². The summed E-state index contributed by atoms with van der Waals surface area (Å²) in [6.07, 6.45) is 0. The number of carbonyl (C=O) groups excluding carboxylic acids is 1. The van der Waals surface area contributed by atoms with Gasteiger partial charge in [-0.05, 0) is 49.7 Å². The number of carbonyl (C=O) groups is 1. The van der Waals surface area contributed by atoms with Crippen molar-refractivity contribution in [2.24, 2.45) is 0 Å². The number of anilines is 2. The minimum atomic E-state index is -0.223. The van der Waals surface area contributed by atoms with Crippen molar-refractivity contribution >= 4 is 45.6 Å². The number of para-hydroxylation sites is 1. The van der Waals surface area contributed by atoms with Crippen LogP contribution in [0.3, 0.4) is 0 Å². The van der Waals surface area contributed by atoms with E-state index in [1.807, 2.05) is 62.4 Å². The first-order valence-corrected chi connectivity index (χ1v) is 9.46.